The summed E-state index contributed by atoms with van der Waals surface area (Å²) < 4.78 is 34.6. The summed E-state index contributed by atoms with van der Waals surface area (Å²) in [4.78, 5) is 5.01. The summed E-state index contributed by atoms with van der Waals surface area (Å²) in [5, 5.41) is 2.54. The van der Waals surface area contributed by atoms with Gasteiger partial charge in [0.25, 0.3) is 0 Å². The fourth-order valence-corrected chi connectivity index (χ4v) is 4.43. The zero-order valence-electron chi connectivity index (χ0n) is 17.6. The average Bonchev–Trinajstić information content (AvgIpc) is 2.77. The van der Waals surface area contributed by atoms with E-state index >= 15 is 0 Å². The maximum absolute atomic E-state index is 13.0. The van der Waals surface area contributed by atoms with E-state index in [9.17, 15) is 8.60 Å². The Balaban J connectivity index is 1.69. The van der Waals surface area contributed by atoms with Crippen LogP contribution in [0.4, 0.5) is 4.39 Å². The molecule has 162 valence electrons. The van der Waals surface area contributed by atoms with Crippen molar-refractivity contribution in [1.82, 2.24) is 4.72 Å². The van der Waals surface area contributed by atoms with Gasteiger partial charge in [0, 0.05) is 29.6 Å². The van der Waals surface area contributed by atoms with E-state index in [1.165, 1.54) is 12.1 Å². The summed E-state index contributed by atoms with van der Waals surface area (Å²) >= 11 is 6.22. The molecule has 31 heavy (non-hydrogen) atoms. The third-order valence-corrected chi connectivity index (χ3v) is 6.26. The van der Waals surface area contributed by atoms with E-state index in [0.29, 0.717) is 21.6 Å². The Morgan fingerprint density at radius 2 is 1.94 bits per heavy atom. The van der Waals surface area contributed by atoms with Gasteiger partial charge >= 0.3 is 0 Å². The lowest BCUT2D eigenvalue weighted by atomic mass is 10.1. The van der Waals surface area contributed by atoms with Crippen molar-refractivity contribution in [3.63, 3.8) is 0 Å². The van der Waals surface area contributed by atoms with Crippen molar-refractivity contribution in [2.45, 2.75) is 38.1 Å². The molecular weight excluding hydrogens is 435 g/mol. The van der Waals surface area contributed by atoms with Crippen LogP contribution < -0.4 is 9.46 Å². The largest absolute Gasteiger partial charge is 0.443 e. The van der Waals surface area contributed by atoms with E-state index in [1.54, 1.807) is 25.3 Å². The second-order valence-electron chi connectivity index (χ2n) is 7.05. The first-order valence-corrected chi connectivity index (χ1v) is 11.4. The highest BCUT2D eigenvalue weighted by molar-refractivity contribution is 7.83. The number of hydrogen-bond acceptors (Lipinski definition) is 3. The molecule has 0 bridgehead atoms. The molecule has 7 heteroatoms. The molecule has 2 unspecified atom stereocenters. The van der Waals surface area contributed by atoms with E-state index in [-0.39, 0.29) is 11.9 Å². The number of aliphatic imine (C=N–C) groups is 1. The van der Waals surface area contributed by atoms with Gasteiger partial charge in [0.15, 0.2) is 5.90 Å². The highest BCUT2D eigenvalue weighted by Gasteiger charge is 2.14. The molecule has 0 fully saturated rings. The van der Waals surface area contributed by atoms with Crippen molar-refractivity contribution in [1.29, 1.82) is 0 Å². The Labute approximate surface area is 189 Å². The molecule has 1 N–H and O–H groups in total. The van der Waals surface area contributed by atoms with Gasteiger partial charge in [-0.05, 0) is 66.8 Å². The quantitative estimate of drug-likeness (QED) is 0.328. The minimum atomic E-state index is -1.39. The SMILES string of the molecule is CCC(NS(=O)c1ccc2c(Cl)cccc2c1)/C(C)=C/N=C(C)Oc1ccc(F)cc1. The van der Waals surface area contributed by atoms with Crippen molar-refractivity contribution in [3.8, 4) is 5.75 Å². The number of fused-ring (bicyclic) bond motifs is 1. The summed E-state index contributed by atoms with van der Waals surface area (Å²) in [6.07, 6.45) is 2.43. The van der Waals surface area contributed by atoms with Crippen LogP contribution in [0.15, 0.2) is 82.3 Å². The van der Waals surface area contributed by atoms with Crippen LogP contribution in [0.5, 0.6) is 5.75 Å². The van der Waals surface area contributed by atoms with E-state index < -0.39 is 11.0 Å². The zero-order valence-corrected chi connectivity index (χ0v) is 19.1. The zero-order chi connectivity index (χ0) is 22.4. The molecule has 0 amide bonds. The maximum Gasteiger partial charge on any atom is 0.191 e. The number of nitrogens with zero attached hydrogens (tertiary/aromatic N) is 1. The smallest absolute Gasteiger partial charge is 0.191 e. The van der Waals surface area contributed by atoms with Crippen LogP contribution in [0, 0.1) is 5.82 Å². The van der Waals surface area contributed by atoms with Gasteiger partial charge in [0.2, 0.25) is 0 Å². The summed E-state index contributed by atoms with van der Waals surface area (Å²) in [6, 6.07) is 16.9. The van der Waals surface area contributed by atoms with E-state index in [2.05, 4.69) is 9.71 Å². The molecule has 0 aromatic heterocycles. The Morgan fingerprint density at radius 3 is 2.65 bits per heavy atom. The molecule has 0 heterocycles. The van der Waals surface area contributed by atoms with E-state index in [1.807, 2.05) is 50.2 Å². The Kier molecular flexibility index (Phi) is 7.96. The van der Waals surface area contributed by atoms with Crippen LogP contribution in [-0.2, 0) is 11.0 Å². The molecule has 4 nitrogen and oxygen atoms in total. The molecule has 2 atom stereocenters. The second-order valence-corrected chi connectivity index (χ2v) is 8.70. The van der Waals surface area contributed by atoms with Crippen molar-refractivity contribution in [3.05, 3.63) is 83.3 Å². The minimum Gasteiger partial charge on any atom is -0.443 e. The van der Waals surface area contributed by atoms with Crippen LogP contribution >= 0.6 is 11.6 Å². The molecule has 3 aromatic carbocycles. The third kappa shape index (κ3) is 6.23. The van der Waals surface area contributed by atoms with Crippen LogP contribution in [0.2, 0.25) is 5.02 Å². The highest BCUT2D eigenvalue weighted by Crippen LogP contribution is 2.25. The average molecular weight is 459 g/mol. The summed E-state index contributed by atoms with van der Waals surface area (Å²) in [5.41, 5.74) is 0.918. The summed E-state index contributed by atoms with van der Waals surface area (Å²) in [7, 11) is -1.39. The fourth-order valence-electron chi connectivity index (χ4n) is 3.02. The Bertz CT molecular complexity index is 1150. The highest BCUT2D eigenvalue weighted by atomic mass is 35.5. The first-order valence-electron chi connectivity index (χ1n) is 9.88. The molecule has 0 aliphatic heterocycles. The lowest BCUT2D eigenvalue weighted by molar-refractivity contribution is 0.542. The van der Waals surface area contributed by atoms with Crippen LogP contribution in [0.3, 0.4) is 0 Å². The third-order valence-electron chi connectivity index (χ3n) is 4.75. The molecule has 0 aliphatic rings. The molecule has 0 radical (unpaired) electrons. The van der Waals surface area contributed by atoms with Crippen molar-refractivity contribution < 1.29 is 13.3 Å². The number of rotatable bonds is 7. The van der Waals surface area contributed by atoms with Crippen molar-refractivity contribution in [2.75, 3.05) is 0 Å². The number of halogens is 2. The van der Waals surface area contributed by atoms with Gasteiger partial charge in [-0.25, -0.2) is 18.3 Å². The van der Waals surface area contributed by atoms with Crippen molar-refractivity contribution in [2.24, 2.45) is 4.99 Å². The molecule has 0 saturated carbocycles. The molecule has 0 aliphatic carbocycles. The first kappa shape index (κ1) is 23.1. The fraction of sp³-hybridized carbons (Fsp3) is 0.208. The molecule has 0 saturated heterocycles. The maximum atomic E-state index is 13.0. The van der Waals surface area contributed by atoms with Gasteiger partial charge in [-0.1, -0.05) is 36.7 Å². The first-order chi connectivity index (χ1) is 14.9. The van der Waals surface area contributed by atoms with E-state index in [4.69, 9.17) is 16.3 Å². The number of ether oxygens (including phenoxy) is 1. The van der Waals surface area contributed by atoms with Gasteiger partial charge in [0.05, 0.1) is 4.90 Å². The number of benzene rings is 3. The predicted molar refractivity (Wildman–Crippen MR) is 126 cm³/mol. The molecule has 3 rings (SSSR count). The summed E-state index contributed by atoms with van der Waals surface area (Å²) in [6.45, 7) is 5.66. The lowest BCUT2D eigenvalue weighted by Gasteiger charge is -2.17. The molecular formula is C24H24ClFN2O2S. The molecule has 0 spiro atoms. The normalized spacial score (nSPS) is 14.5. The Hall–Kier alpha value is -2.54. The van der Waals surface area contributed by atoms with Gasteiger partial charge in [-0.2, -0.15) is 0 Å². The monoisotopic (exact) mass is 458 g/mol. The van der Waals surface area contributed by atoms with Gasteiger partial charge in [-0.3, -0.25) is 0 Å². The van der Waals surface area contributed by atoms with Gasteiger partial charge < -0.3 is 4.74 Å². The second kappa shape index (κ2) is 10.7. The minimum absolute atomic E-state index is 0.127. The molecule has 3 aromatic rings. The van der Waals surface area contributed by atoms with Crippen molar-refractivity contribution >= 4 is 39.3 Å². The van der Waals surface area contributed by atoms with Crippen LogP contribution in [-0.4, -0.2) is 16.1 Å². The van der Waals surface area contributed by atoms with Crippen LogP contribution in [0.25, 0.3) is 10.8 Å². The lowest BCUT2D eigenvalue weighted by Crippen LogP contribution is -2.31. The van der Waals surface area contributed by atoms with Crippen LogP contribution in [0.1, 0.15) is 27.2 Å². The number of nitrogens with one attached hydrogen (secondary N) is 1. The Morgan fingerprint density at radius 1 is 1.19 bits per heavy atom. The summed E-state index contributed by atoms with van der Waals surface area (Å²) in [5.74, 6) is 0.613. The van der Waals surface area contributed by atoms with Gasteiger partial charge in [0.1, 0.15) is 22.6 Å². The standard InChI is InChI=1S/C24H24ClFN2O2S/c1-4-24(16(2)15-27-17(3)30-20-10-8-19(26)9-11-20)28-31(29)21-12-13-22-18(14-21)6-5-7-23(22)25/h5-15,24,28H,4H2,1-3H3/b16-15+,27-17?. The topological polar surface area (TPSA) is 50.7 Å². The van der Waals surface area contributed by atoms with Gasteiger partial charge in [-0.15, -0.1) is 0 Å². The predicted octanol–water partition coefficient (Wildman–Crippen LogP) is 6.42. The number of hydrogen-bond donors (Lipinski definition) is 1. The van der Waals surface area contributed by atoms with E-state index in [0.717, 1.165) is 22.8 Å².